The number of halogens is 3. The Bertz CT molecular complexity index is 1570. The van der Waals surface area contributed by atoms with Crippen molar-refractivity contribution in [2.45, 2.75) is 13.3 Å². The van der Waals surface area contributed by atoms with E-state index in [9.17, 15) is 22.9 Å². The molecule has 1 aromatic heterocycles. The molecule has 0 atom stereocenters. The van der Waals surface area contributed by atoms with Gasteiger partial charge in [-0.05, 0) is 50.2 Å². The third-order valence-corrected chi connectivity index (χ3v) is 6.92. The number of aromatic nitrogens is 1. The third kappa shape index (κ3) is 6.17. The summed E-state index contributed by atoms with van der Waals surface area (Å²) < 4.78 is 75.6. The zero-order valence-corrected chi connectivity index (χ0v) is 22.1. The zero-order valence-electron chi connectivity index (χ0n) is 21.3. The number of pyridine rings is 1. The van der Waals surface area contributed by atoms with Crippen molar-refractivity contribution in [3.05, 3.63) is 65.6 Å². The standard InChI is InChI=1S/C26H25F3N6O4S/c1-2-34-25-20(11-17(27)15-33-25)19-5-4-16(14-30)10-23(19)35(26(34)36)24-21(28)12-18(13-22(24)29)32-8-7-31-6-3-9-40(37,38)39/h4-5,10-13,15,31-32H,2-3,6-9H2,1H3,(H,37,38,39). The van der Waals surface area contributed by atoms with Gasteiger partial charge >= 0.3 is 6.03 Å². The van der Waals surface area contributed by atoms with E-state index >= 15 is 8.78 Å². The summed E-state index contributed by atoms with van der Waals surface area (Å²) in [4.78, 5) is 19.8. The number of carbonyl (C=O) groups excluding carboxylic acids is 1. The summed E-state index contributed by atoms with van der Waals surface area (Å²) in [7, 11) is -4.04. The Balaban J connectivity index is 1.66. The number of nitriles is 1. The number of nitrogens with one attached hydrogen (secondary N) is 2. The minimum atomic E-state index is -4.04. The summed E-state index contributed by atoms with van der Waals surface area (Å²) in [6, 6.07) is 8.54. The molecule has 10 nitrogen and oxygen atoms in total. The number of nitrogens with zero attached hydrogens (tertiary/aromatic N) is 4. The van der Waals surface area contributed by atoms with E-state index in [4.69, 9.17) is 4.55 Å². The highest BCUT2D eigenvalue weighted by molar-refractivity contribution is 7.85. The van der Waals surface area contributed by atoms with Crippen molar-refractivity contribution in [3.63, 3.8) is 0 Å². The van der Waals surface area contributed by atoms with Gasteiger partial charge in [0.1, 0.15) is 17.3 Å². The van der Waals surface area contributed by atoms with Gasteiger partial charge in [0, 0.05) is 36.4 Å². The third-order valence-electron chi connectivity index (χ3n) is 6.11. The molecule has 0 saturated carbocycles. The van der Waals surface area contributed by atoms with Crippen LogP contribution in [0.3, 0.4) is 0 Å². The van der Waals surface area contributed by atoms with Crippen molar-refractivity contribution in [1.29, 1.82) is 5.26 Å². The van der Waals surface area contributed by atoms with Crippen LogP contribution in [-0.2, 0) is 10.1 Å². The SMILES string of the molecule is CCN1C(=O)N(c2c(F)cc(NCCNCCCS(=O)(=O)O)cc2F)c2cc(C#N)ccc2-c2cc(F)cnc21. The van der Waals surface area contributed by atoms with E-state index in [2.05, 4.69) is 15.6 Å². The fourth-order valence-corrected chi connectivity index (χ4v) is 4.86. The van der Waals surface area contributed by atoms with Crippen LogP contribution in [0.5, 0.6) is 0 Å². The lowest BCUT2D eigenvalue weighted by Crippen LogP contribution is -2.41. The number of fused-ring (bicyclic) bond motifs is 3. The van der Waals surface area contributed by atoms with E-state index in [0.717, 1.165) is 23.2 Å². The van der Waals surface area contributed by atoms with Crippen LogP contribution in [0.2, 0.25) is 0 Å². The molecule has 3 aromatic rings. The molecule has 0 bridgehead atoms. The van der Waals surface area contributed by atoms with Crippen LogP contribution in [0, 0.1) is 28.8 Å². The molecular formula is C26H25F3N6O4S. The van der Waals surface area contributed by atoms with Gasteiger partial charge in [0.05, 0.1) is 29.3 Å². The van der Waals surface area contributed by atoms with Crippen LogP contribution in [0.15, 0.2) is 42.6 Å². The summed E-state index contributed by atoms with van der Waals surface area (Å²) in [6.07, 6.45) is 1.13. The first-order chi connectivity index (χ1) is 19.0. The topological polar surface area (TPSA) is 139 Å². The Morgan fingerprint density at radius 1 is 1.05 bits per heavy atom. The Morgan fingerprint density at radius 2 is 1.77 bits per heavy atom. The van der Waals surface area contributed by atoms with E-state index < -0.39 is 39.3 Å². The van der Waals surface area contributed by atoms with Crippen LogP contribution in [0.1, 0.15) is 18.9 Å². The first-order valence-electron chi connectivity index (χ1n) is 12.2. The molecule has 3 N–H and O–H groups in total. The monoisotopic (exact) mass is 574 g/mol. The molecule has 4 rings (SSSR count). The first kappa shape index (κ1) is 28.8. The van der Waals surface area contributed by atoms with Gasteiger partial charge < -0.3 is 10.6 Å². The molecule has 0 saturated heterocycles. The molecule has 40 heavy (non-hydrogen) atoms. The fraction of sp³-hybridized carbons (Fsp3) is 0.269. The normalized spacial score (nSPS) is 12.9. The van der Waals surface area contributed by atoms with E-state index in [-0.39, 0.29) is 59.1 Å². The van der Waals surface area contributed by atoms with Gasteiger partial charge in [0.15, 0.2) is 11.6 Å². The van der Waals surface area contributed by atoms with E-state index in [1.54, 1.807) is 6.92 Å². The maximum atomic E-state index is 15.6. The molecule has 2 amide bonds. The Labute approximate surface area is 228 Å². The zero-order chi connectivity index (χ0) is 29.0. The van der Waals surface area contributed by atoms with Gasteiger partial charge in [-0.1, -0.05) is 6.07 Å². The van der Waals surface area contributed by atoms with Crippen molar-refractivity contribution in [2.75, 3.05) is 47.0 Å². The van der Waals surface area contributed by atoms with Gasteiger partial charge in [-0.25, -0.2) is 22.9 Å². The summed E-state index contributed by atoms with van der Waals surface area (Å²) in [5.41, 5.74) is -0.00306. The number of rotatable bonds is 10. The average molecular weight is 575 g/mol. The smallest absolute Gasteiger partial charge is 0.334 e. The van der Waals surface area contributed by atoms with Gasteiger partial charge in [-0.3, -0.25) is 14.4 Å². The highest BCUT2D eigenvalue weighted by Crippen LogP contribution is 2.45. The minimum Gasteiger partial charge on any atom is -0.384 e. The minimum absolute atomic E-state index is 0.0127. The highest BCUT2D eigenvalue weighted by atomic mass is 32.2. The molecule has 1 aliphatic heterocycles. The predicted octanol–water partition coefficient (Wildman–Crippen LogP) is 4.41. The summed E-state index contributed by atoms with van der Waals surface area (Å²) >= 11 is 0. The Hall–Kier alpha value is -4.19. The van der Waals surface area contributed by atoms with Crippen LogP contribution in [-0.4, -0.2) is 55.9 Å². The second kappa shape index (κ2) is 11.9. The number of amides is 2. The lowest BCUT2D eigenvalue weighted by Gasteiger charge is -2.28. The number of carbonyl (C=O) groups is 1. The maximum Gasteiger partial charge on any atom is 0.334 e. The van der Waals surface area contributed by atoms with Crippen molar-refractivity contribution >= 4 is 39.0 Å². The predicted molar refractivity (Wildman–Crippen MR) is 144 cm³/mol. The average Bonchev–Trinajstić information content (AvgIpc) is 2.99. The Morgan fingerprint density at radius 3 is 2.42 bits per heavy atom. The summed E-state index contributed by atoms with van der Waals surface area (Å²) in [5.74, 6) is -3.08. The summed E-state index contributed by atoms with van der Waals surface area (Å²) in [6.45, 7) is 2.56. The number of anilines is 4. The lowest BCUT2D eigenvalue weighted by molar-refractivity contribution is 0.253. The molecule has 2 heterocycles. The lowest BCUT2D eigenvalue weighted by atomic mass is 10.0. The van der Waals surface area contributed by atoms with Crippen molar-refractivity contribution in [3.8, 4) is 17.2 Å². The van der Waals surface area contributed by atoms with Gasteiger partial charge in [-0.15, -0.1) is 0 Å². The molecule has 0 unspecified atom stereocenters. The molecular weight excluding hydrogens is 549 g/mol. The fourth-order valence-electron chi connectivity index (χ4n) is 4.36. The van der Waals surface area contributed by atoms with Gasteiger partial charge in [0.2, 0.25) is 0 Å². The molecule has 1 aliphatic rings. The van der Waals surface area contributed by atoms with Crippen LogP contribution < -0.4 is 20.4 Å². The van der Waals surface area contributed by atoms with Crippen LogP contribution in [0.4, 0.5) is 40.8 Å². The van der Waals surface area contributed by atoms with E-state index in [0.29, 0.717) is 13.1 Å². The molecule has 2 aromatic carbocycles. The molecule has 210 valence electrons. The number of hydrogen-bond acceptors (Lipinski definition) is 7. The number of hydrogen-bond donors (Lipinski definition) is 3. The maximum absolute atomic E-state index is 15.6. The van der Waals surface area contributed by atoms with E-state index in [1.165, 1.54) is 29.2 Å². The van der Waals surface area contributed by atoms with Gasteiger partial charge in [0.25, 0.3) is 10.1 Å². The highest BCUT2D eigenvalue weighted by Gasteiger charge is 2.36. The van der Waals surface area contributed by atoms with Crippen molar-refractivity contribution in [2.24, 2.45) is 0 Å². The molecule has 0 fully saturated rings. The second-order valence-corrected chi connectivity index (χ2v) is 10.4. The number of benzene rings is 2. The molecule has 0 aliphatic carbocycles. The molecule has 0 spiro atoms. The molecule has 0 radical (unpaired) electrons. The second-order valence-electron chi connectivity index (χ2n) is 8.84. The quantitative estimate of drug-likeness (QED) is 0.239. The van der Waals surface area contributed by atoms with Gasteiger partial charge in [-0.2, -0.15) is 13.7 Å². The van der Waals surface area contributed by atoms with Crippen molar-refractivity contribution < 1.29 is 30.9 Å². The first-order valence-corrected chi connectivity index (χ1v) is 13.9. The van der Waals surface area contributed by atoms with Crippen molar-refractivity contribution in [1.82, 2.24) is 10.3 Å². The van der Waals surface area contributed by atoms with Crippen LogP contribution in [0.25, 0.3) is 11.1 Å². The molecule has 14 heteroatoms. The Kier molecular flexibility index (Phi) is 8.58. The van der Waals surface area contributed by atoms with E-state index in [1.807, 2.05) is 6.07 Å². The number of urea groups is 1. The largest absolute Gasteiger partial charge is 0.384 e. The summed E-state index contributed by atoms with van der Waals surface area (Å²) in [5, 5.41) is 15.2. The van der Waals surface area contributed by atoms with Crippen LogP contribution >= 0.6 is 0 Å².